The van der Waals surface area contributed by atoms with Crippen molar-refractivity contribution in [2.24, 2.45) is 24.8 Å². The Labute approximate surface area is 89.2 Å². The normalized spacial score (nSPS) is 29.9. The highest BCUT2D eigenvalue weighted by Crippen LogP contribution is 2.51. The molecule has 5 heteroatoms. The molecule has 2 aliphatic carbocycles. The predicted molar refractivity (Wildman–Crippen MR) is 56.2 cm³/mol. The molecule has 1 N–H and O–H groups in total. The highest BCUT2D eigenvalue weighted by Gasteiger charge is 2.44. The highest BCUT2D eigenvalue weighted by molar-refractivity contribution is 5.21. The Morgan fingerprint density at radius 1 is 1.47 bits per heavy atom. The van der Waals surface area contributed by atoms with Crippen LogP contribution in [0.25, 0.3) is 0 Å². The molecule has 1 heterocycles. The van der Waals surface area contributed by atoms with Gasteiger partial charge >= 0.3 is 0 Å². The first-order chi connectivity index (χ1) is 7.34. The van der Waals surface area contributed by atoms with E-state index in [9.17, 15) is 0 Å². The molecule has 0 aromatic carbocycles. The summed E-state index contributed by atoms with van der Waals surface area (Å²) in [6.45, 7) is 1.04. The second-order valence-corrected chi connectivity index (χ2v) is 4.86. The van der Waals surface area contributed by atoms with Gasteiger partial charge in [0.2, 0.25) is 5.95 Å². The maximum absolute atomic E-state index is 3.91. The zero-order valence-corrected chi connectivity index (χ0v) is 9.06. The van der Waals surface area contributed by atoms with Gasteiger partial charge in [-0.2, -0.15) is 0 Å². The molecule has 0 amide bonds. The van der Waals surface area contributed by atoms with E-state index < -0.39 is 0 Å². The molecule has 15 heavy (non-hydrogen) atoms. The van der Waals surface area contributed by atoms with Crippen molar-refractivity contribution < 1.29 is 0 Å². The molecule has 2 aliphatic rings. The molecule has 5 nitrogen and oxygen atoms in total. The summed E-state index contributed by atoms with van der Waals surface area (Å²) in [6.07, 6.45) is 5.79. The van der Waals surface area contributed by atoms with Crippen LogP contribution >= 0.6 is 0 Å². The molecule has 2 fully saturated rings. The molecule has 0 saturated heterocycles. The van der Waals surface area contributed by atoms with Crippen LogP contribution in [0.15, 0.2) is 0 Å². The van der Waals surface area contributed by atoms with Crippen molar-refractivity contribution >= 4 is 5.95 Å². The van der Waals surface area contributed by atoms with Crippen molar-refractivity contribution in [3.63, 3.8) is 0 Å². The second kappa shape index (κ2) is 3.47. The van der Waals surface area contributed by atoms with Crippen LogP contribution in [-0.4, -0.2) is 26.8 Å². The minimum atomic E-state index is 0.786. The fourth-order valence-electron chi connectivity index (χ4n) is 2.55. The maximum Gasteiger partial charge on any atom is 0.242 e. The van der Waals surface area contributed by atoms with Crippen LogP contribution in [0.3, 0.4) is 0 Å². The zero-order chi connectivity index (χ0) is 10.3. The Morgan fingerprint density at radius 3 is 2.93 bits per heavy atom. The van der Waals surface area contributed by atoms with E-state index in [2.05, 4.69) is 20.8 Å². The molecular weight excluding hydrogens is 190 g/mol. The minimum Gasteiger partial charge on any atom is -0.353 e. The van der Waals surface area contributed by atoms with Gasteiger partial charge in [-0.3, -0.25) is 0 Å². The summed E-state index contributed by atoms with van der Waals surface area (Å²) in [5.41, 5.74) is 0. The lowest BCUT2D eigenvalue weighted by atomic mass is 9.81. The Kier molecular flexibility index (Phi) is 2.11. The standard InChI is InChI=1S/C10H17N5/c1-15-10(12-13-14-15)11-6-8-5-9(8)7-3-2-4-7/h7-9H,2-6H2,1H3,(H,11,12,14)/t8-,9-/m0/s1. The first kappa shape index (κ1) is 9.12. The third-order valence-electron chi connectivity index (χ3n) is 3.88. The number of nitrogens with one attached hydrogen (secondary N) is 1. The lowest BCUT2D eigenvalue weighted by molar-refractivity contribution is 0.267. The van der Waals surface area contributed by atoms with Gasteiger partial charge in [-0.1, -0.05) is 24.4 Å². The van der Waals surface area contributed by atoms with Gasteiger partial charge in [0.1, 0.15) is 0 Å². The zero-order valence-electron chi connectivity index (χ0n) is 9.06. The number of anilines is 1. The van der Waals surface area contributed by atoms with Gasteiger partial charge in [0, 0.05) is 13.6 Å². The Balaban J connectivity index is 1.46. The third kappa shape index (κ3) is 1.70. The third-order valence-corrected chi connectivity index (χ3v) is 3.88. The van der Waals surface area contributed by atoms with Gasteiger partial charge in [0.25, 0.3) is 0 Å². The molecule has 1 aromatic heterocycles. The van der Waals surface area contributed by atoms with Crippen molar-refractivity contribution in [2.75, 3.05) is 11.9 Å². The summed E-state index contributed by atoms with van der Waals surface area (Å²) in [5, 5.41) is 14.6. The largest absolute Gasteiger partial charge is 0.353 e. The van der Waals surface area contributed by atoms with Crippen LogP contribution in [0.1, 0.15) is 25.7 Å². The van der Waals surface area contributed by atoms with Gasteiger partial charge < -0.3 is 5.32 Å². The van der Waals surface area contributed by atoms with E-state index in [-0.39, 0.29) is 0 Å². The number of tetrazole rings is 1. The number of aryl methyl sites for hydroxylation is 1. The van der Waals surface area contributed by atoms with Crippen LogP contribution in [0, 0.1) is 17.8 Å². The smallest absolute Gasteiger partial charge is 0.242 e. The summed E-state index contributed by atoms with van der Waals surface area (Å²) in [5.74, 6) is 3.68. The van der Waals surface area contributed by atoms with Crippen LogP contribution in [0.4, 0.5) is 5.95 Å². The summed E-state index contributed by atoms with van der Waals surface area (Å²) in [7, 11) is 1.86. The van der Waals surface area contributed by atoms with E-state index in [0.717, 1.165) is 30.2 Å². The van der Waals surface area contributed by atoms with E-state index in [4.69, 9.17) is 0 Å². The van der Waals surface area contributed by atoms with Gasteiger partial charge in [0.15, 0.2) is 0 Å². The summed E-state index contributed by atoms with van der Waals surface area (Å²) >= 11 is 0. The lowest BCUT2D eigenvalue weighted by Gasteiger charge is -2.25. The summed E-state index contributed by atoms with van der Waals surface area (Å²) in [4.78, 5) is 0. The minimum absolute atomic E-state index is 0.786. The molecule has 0 aliphatic heterocycles. The van der Waals surface area contributed by atoms with E-state index in [0.29, 0.717) is 0 Å². The number of rotatable bonds is 4. The van der Waals surface area contributed by atoms with Crippen LogP contribution in [0.5, 0.6) is 0 Å². The van der Waals surface area contributed by atoms with E-state index in [1.807, 2.05) is 7.05 Å². The van der Waals surface area contributed by atoms with Gasteiger partial charge in [-0.15, -0.1) is 0 Å². The van der Waals surface area contributed by atoms with Crippen molar-refractivity contribution in [2.45, 2.75) is 25.7 Å². The first-order valence-corrected chi connectivity index (χ1v) is 5.81. The van der Waals surface area contributed by atoms with Gasteiger partial charge in [-0.05, 0) is 34.6 Å². The van der Waals surface area contributed by atoms with Crippen molar-refractivity contribution in [1.29, 1.82) is 0 Å². The van der Waals surface area contributed by atoms with Gasteiger partial charge in [-0.25, -0.2) is 4.68 Å². The van der Waals surface area contributed by atoms with Crippen LogP contribution in [0.2, 0.25) is 0 Å². The number of aromatic nitrogens is 4. The van der Waals surface area contributed by atoms with Crippen LogP contribution in [-0.2, 0) is 7.05 Å². The molecule has 0 bridgehead atoms. The Morgan fingerprint density at radius 2 is 2.33 bits per heavy atom. The molecule has 0 spiro atoms. The van der Waals surface area contributed by atoms with E-state index in [1.54, 1.807) is 4.68 Å². The molecule has 2 atom stereocenters. The molecule has 2 saturated carbocycles. The number of hydrogen-bond acceptors (Lipinski definition) is 4. The SMILES string of the molecule is Cn1nnnc1NC[C@@H]1C[C@H]1C1CCC1. The highest BCUT2D eigenvalue weighted by atomic mass is 15.6. The lowest BCUT2D eigenvalue weighted by Crippen LogP contribution is -2.16. The average Bonchev–Trinajstić information content (AvgIpc) is 2.75. The molecule has 0 radical (unpaired) electrons. The van der Waals surface area contributed by atoms with Crippen molar-refractivity contribution in [1.82, 2.24) is 20.2 Å². The number of hydrogen-bond donors (Lipinski definition) is 1. The van der Waals surface area contributed by atoms with E-state index in [1.165, 1.54) is 25.7 Å². The van der Waals surface area contributed by atoms with Crippen LogP contribution < -0.4 is 5.32 Å². The fraction of sp³-hybridized carbons (Fsp3) is 0.900. The van der Waals surface area contributed by atoms with Crippen molar-refractivity contribution in [3.05, 3.63) is 0 Å². The first-order valence-electron chi connectivity index (χ1n) is 5.81. The maximum atomic E-state index is 3.91. The molecule has 82 valence electrons. The molecule has 3 rings (SSSR count). The monoisotopic (exact) mass is 207 g/mol. The molecular formula is C10H17N5. The van der Waals surface area contributed by atoms with E-state index >= 15 is 0 Å². The topological polar surface area (TPSA) is 55.6 Å². The quantitative estimate of drug-likeness (QED) is 0.802. The molecule has 1 aromatic rings. The molecule has 0 unspecified atom stereocenters. The number of nitrogens with zero attached hydrogens (tertiary/aromatic N) is 4. The Hall–Kier alpha value is -1.13. The summed E-state index contributed by atoms with van der Waals surface area (Å²) in [6, 6.07) is 0. The second-order valence-electron chi connectivity index (χ2n) is 4.86. The Bertz CT molecular complexity index is 343. The van der Waals surface area contributed by atoms with Crippen molar-refractivity contribution in [3.8, 4) is 0 Å². The predicted octanol–water partition coefficient (Wildman–Crippen LogP) is 1.06. The summed E-state index contributed by atoms with van der Waals surface area (Å²) < 4.78 is 1.68. The average molecular weight is 207 g/mol. The van der Waals surface area contributed by atoms with Gasteiger partial charge in [0.05, 0.1) is 0 Å². The fourth-order valence-corrected chi connectivity index (χ4v) is 2.55.